The summed E-state index contributed by atoms with van der Waals surface area (Å²) in [5.41, 5.74) is 1.83. The van der Waals surface area contributed by atoms with Gasteiger partial charge < -0.3 is 0 Å². The fourth-order valence-electron chi connectivity index (χ4n) is 2.06. The molecule has 0 saturated carbocycles. The molecule has 1 amide bonds. The molecule has 0 radical (unpaired) electrons. The summed E-state index contributed by atoms with van der Waals surface area (Å²) in [4.78, 5) is 17.9. The third kappa shape index (κ3) is 3.01. The Morgan fingerprint density at radius 2 is 1.81 bits per heavy atom. The minimum Gasteiger partial charge on any atom is -0.288 e. The standard InChI is InChI=1S/C17H14N2OS/c1-13(20)19(14-7-3-2-4-8-14)12-11-17-18-15-9-5-6-10-16(15)21-17/h2-12H,1H3. The quantitative estimate of drug-likeness (QED) is 0.720. The van der Waals surface area contributed by atoms with E-state index < -0.39 is 0 Å². The average Bonchev–Trinajstić information content (AvgIpc) is 2.91. The van der Waals surface area contributed by atoms with E-state index in [0.29, 0.717) is 0 Å². The van der Waals surface area contributed by atoms with E-state index >= 15 is 0 Å². The molecule has 0 atom stereocenters. The highest BCUT2D eigenvalue weighted by atomic mass is 32.1. The molecule has 0 N–H and O–H groups in total. The van der Waals surface area contributed by atoms with Gasteiger partial charge in [-0.1, -0.05) is 30.3 Å². The van der Waals surface area contributed by atoms with Crippen LogP contribution < -0.4 is 4.90 Å². The lowest BCUT2D eigenvalue weighted by molar-refractivity contribution is -0.115. The lowest BCUT2D eigenvalue weighted by Gasteiger charge is -2.15. The summed E-state index contributed by atoms with van der Waals surface area (Å²) in [6.07, 6.45) is 3.65. The second-order valence-electron chi connectivity index (χ2n) is 4.56. The smallest absolute Gasteiger partial charge is 0.227 e. The molecule has 0 aliphatic rings. The Morgan fingerprint density at radius 1 is 1.10 bits per heavy atom. The van der Waals surface area contributed by atoms with Gasteiger partial charge in [0.05, 0.1) is 10.2 Å². The molecule has 3 nitrogen and oxygen atoms in total. The zero-order valence-electron chi connectivity index (χ0n) is 11.6. The number of anilines is 1. The van der Waals surface area contributed by atoms with E-state index in [9.17, 15) is 4.79 Å². The van der Waals surface area contributed by atoms with Gasteiger partial charge in [0.2, 0.25) is 5.91 Å². The highest BCUT2D eigenvalue weighted by molar-refractivity contribution is 7.19. The number of para-hydroxylation sites is 2. The van der Waals surface area contributed by atoms with Crippen LogP contribution in [0.4, 0.5) is 5.69 Å². The van der Waals surface area contributed by atoms with E-state index in [2.05, 4.69) is 4.98 Å². The maximum Gasteiger partial charge on any atom is 0.227 e. The summed E-state index contributed by atoms with van der Waals surface area (Å²) in [7, 11) is 0. The molecule has 1 heterocycles. The molecule has 104 valence electrons. The van der Waals surface area contributed by atoms with E-state index in [0.717, 1.165) is 20.9 Å². The van der Waals surface area contributed by atoms with Crippen LogP contribution in [-0.4, -0.2) is 10.9 Å². The Morgan fingerprint density at radius 3 is 2.52 bits per heavy atom. The molecule has 1 aromatic heterocycles. The summed E-state index contributed by atoms with van der Waals surface area (Å²) in [5, 5.41) is 0.887. The van der Waals surface area contributed by atoms with Crippen LogP contribution in [0.3, 0.4) is 0 Å². The van der Waals surface area contributed by atoms with Gasteiger partial charge in [-0.2, -0.15) is 0 Å². The summed E-state index contributed by atoms with van der Waals surface area (Å²) < 4.78 is 1.14. The van der Waals surface area contributed by atoms with E-state index in [-0.39, 0.29) is 5.91 Å². The van der Waals surface area contributed by atoms with Crippen molar-refractivity contribution in [3.63, 3.8) is 0 Å². The normalized spacial score (nSPS) is 11.1. The molecule has 3 rings (SSSR count). The highest BCUT2D eigenvalue weighted by Gasteiger charge is 2.07. The van der Waals surface area contributed by atoms with Crippen LogP contribution in [-0.2, 0) is 4.79 Å². The molecule has 0 bridgehead atoms. The largest absolute Gasteiger partial charge is 0.288 e. The van der Waals surface area contributed by atoms with Crippen LogP contribution in [0.15, 0.2) is 60.8 Å². The van der Waals surface area contributed by atoms with Crippen molar-refractivity contribution in [2.75, 3.05) is 4.90 Å². The molecule has 0 spiro atoms. The molecule has 0 aliphatic heterocycles. The first kappa shape index (κ1) is 13.5. The Hall–Kier alpha value is -2.46. The van der Waals surface area contributed by atoms with Crippen molar-refractivity contribution in [3.05, 3.63) is 65.8 Å². The van der Waals surface area contributed by atoms with Gasteiger partial charge in [-0.25, -0.2) is 4.98 Å². The van der Waals surface area contributed by atoms with Crippen LogP contribution in [0, 0.1) is 0 Å². The number of carbonyl (C=O) groups is 1. The molecule has 0 fully saturated rings. The minimum atomic E-state index is -0.0291. The molecule has 0 aliphatic carbocycles. The molecule has 0 saturated heterocycles. The van der Waals surface area contributed by atoms with Crippen molar-refractivity contribution in [3.8, 4) is 0 Å². The van der Waals surface area contributed by atoms with Gasteiger partial charge in [-0.05, 0) is 30.3 Å². The monoisotopic (exact) mass is 294 g/mol. The average molecular weight is 294 g/mol. The predicted octanol–water partition coefficient (Wildman–Crippen LogP) is 4.32. The molecular weight excluding hydrogens is 280 g/mol. The zero-order valence-corrected chi connectivity index (χ0v) is 12.4. The lowest BCUT2D eigenvalue weighted by Crippen LogP contribution is -2.21. The Bertz CT molecular complexity index is 760. The van der Waals surface area contributed by atoms with Gasteiger partial charge in [0.25, 0.3) is 0 Å². The third-order valence-electron chi connectivity index (χ3n) is 3.05. The molecule has 3 aromatic rings. The Labute approximate surface area is 127 Å². The van der Waals surface area contributed by atoms with Gasteiger partial charge in [0.1, 0.15) is 5.01 Å². The molecule has 4 heteroatoms. The number of hydrogen-bond acceptors (Lipinski definition) is 3. The number of amides is 1. The first-order valence-corrected chi connectivity index (χ1v) is 7.44. The fourth-order valence-corrected chi connectivity index (χ4v) is 2.92. The Kier molecular flexibility index (Phi) is 3.79. The maximum absolute atomic E-state index is 11.8. The van der Waals surface area contributed by atoms with E-state index in [1.807, 2.05) is 60.7 Å². The van der Waals surface area contributed by atoms with Gasteiger partial charge in [0.15, 0.2) is 0 Å². The summed E-state index contributed by atoms with van der Waals surface area (Å²) in [6.45, 7) is 1.55. The van der Waals surface area contributed by atoms with E-state index in [4.69, 9.17) is 0 Å². The van der Waals surface area contributed by atoms with Crippen LogP contribution >= 0.6 is 11.3 Å². The zero-order chi connectivity index (χ0) is 14.7. The number of carbonyl (C=O) groups excluding carboxylic acids is 1. The summed E-state index contributed by atoms with van der Waals surface area (Å²) in [5.74, 6) is -0.0291. The number of rotatable bonds is 3. The van der Waals surface area contributed by atoms with Gasteiger partial charge in [0, 0.05) is 18.8 Å². The summed E-state index contributed by atoms with van der Waals surface area (Å²) in [6, 6.07) is 17.6. The maximum atomic E-state index is 11.8. The number of hydrogen-bond donors (Lipinski definition) is 0. The minimum absolute atomic E-state index is 0.0291. The van der Waals surface area contributed by atoms with Gasteiger partial charge in [-0.15, -0.1) is 11.3 Å². The van der Waals surface area contributed by atoms with Crippen molar-refractivity contribution in [1.82, 2.24) is 4.98 Å². The summed E-state index contributed by atoms with van der Waals surface area (Å²) >= 11 is 1.61. The van der Waals surface area contributed by atoms with Crippen molar-refractivity contribution in [2.45, 2.75) is 6.92 Å². The Balaban J connectivity index is 1.90. The first-order valence-electron chi connectivity index (χ1n) is 6.63. The van der Waals surface area contributed by atoms with Gasteiger partial charge in [-0.3, -0.25) is 9.69 Å². The van der Waals surface area contributed by atoms with Crippen LogP contribution in [0.25, 0.3) is 16.3 Å². The number of nitrogens with zero attached hydrogens (tertiary/aromatic N) is 2. The first-order chi connectivity index (χ1) is 10.2. The third-order valence-corrected chi connectivity index (χ3v) is 4.05. The van der Waals surface area contributed by atoms with E-state index in [1.165, 1.54) is 0 Å². The SMILES string of the molecule is CC(=O)N(C=Cc1nc2ccccc2s1)c1ccccc1. The molecular formula is C17H14N2OS. The number of fused-ring (bicyclic) bond motifs is 1. The van der Waals surface area contributed by atoms with Gasteiger partial charge >= 0.3 is 0 Å². The van der Waals surface area contributed by atoms with E-state index in [1.54, 1.807) is 29.4 Å². The molecule has 0 unspecified atom stereocenters. The number of aromatic nitrogens is 1. The molecule has 21 heavy (non-hydrogen) atoms. The topological polar surface area (TPSA) is 33.2 Å². The van der Waals surface area contributed by atoms with Crippen LogP contribution in [0.2, 0.25) is 0 Å². The van der Waals surface area contributed by atoms with Crippen LogP contribution in [0.1, 0.15) is 11.9 Å². The van der Waals surface area contributed by atoms with Crippen molar-refractivity contribution in [2.24, 2.45) is 0 Å². The highest BCUT2D eigenvalue weighted by Crippen LogP contribution is 2.23. The van der Waals surface area contributed by atoms with Crippen molar-refractivity contribution in [1.29, 1.82) is 0 Å². The number of benzene rings is 2. The molecule has 2 aromatic carbocycles. The second-order valence-corrected chi connectivity index (χ2v) is 5.62. The lowest BCUT2D eigenvalue weighted by atomic mass is 10.3. The number of thiazole rings is 1. The van der Waals surface area contributed by atoms with Crippen LogP contribution in [0.5, 0.6) is 0 Å². The van der Waals surface area contributed by atoms with Crippen molar-refractivity contribution < 1.29 is 4.79 Å². The second kappa shape index (κ2) is 5.89. The predicted molar refractivity (Wildman–Crippen MR) is 88.3 cm³/mol. The van der Waals surface area contributed by atoms with Crippen molar-refractivity contribution >= 4 is 39.2 Å². The fraction of sp³-hybridized carbons (Fsp3) is 0.0588.